The average Bonchev–Trinajstić information content (AvgIpc) is 2.83. The lowest BCUT2D eigenvalue weighted by Crippen LogP contribution is -2.36. The summed E-state index contributed by atoms with van der Waals surface area (Å²) in [6.07, 6.45) is 2.66. The Kier molecular flexibility index (Phi) is 4.36. The number of aromatic amines is 1. The summed E-state index contributed by atoms with van der Waals surface area (Å²) in [5.74, 6) is -0.117. The summed E-state index contributed by atoms with van der Waals surface area (Å²) < 4.78 is 0. The summed E-state index contributed by atoms with van der Waals surface area (Å²) in [5, 5.41) is 15.8. The van der Waals surface area contributed by atoms with Crippen LogP contribution in [0.4, 0.5) is 0 Å². The van der Waals surface area contributed by atoms with Gasteiger partial charge in [0.25, 0.3) is 0 Å². The van der Waals surface area contributed by atoms with Gasteiger partial charge in [0.15, 0.2) is 5.82 Å². The van der Waals surface area contributed by atoms with Gasteiger partial charge in [-0.25, -0.2) is 4.98 Å². The Morgan fingerprint density at radius 2 is 2.10 bits per heavy atom. The smallest absolute Gasteiger partial charge is 0.306 e. The highest BCUT2D eigenvalue weighted by Gasteiger charge is 2.32. The van der Waals surface area contributed by atoms with Crippen LogP contribution in [0.3, 0.4) is 0 Å². The van der Waals surface area contributed by atoms with Crippen molar-refractivity contribution in [2.45, 2.75) is 39.2 Å². The van der Waals surface area contributed by atoms with E-state index >= 15 is 0 Å². The van der Waals surface area contributed by atoms with E-state index in [1.165, 1.54) is 0 Å². The maximum atomic E-state index is 12.3. The summed E-state index contributed by atoms with van der Waals surface area (Å²) in [5.41, 5.74) is 0. The lowest BCUT2D eigenvalue weighted by atomic mass is 9.81. The van der Waals surface area contributed by atoms with E-state index in [0.717, 1.165) is 12.8 Å². The summed E-state index contributed by atoms with van der Waals surface area (Å²) in [7, 11) is 1.71. The normalized spacial score (nSPS) is 22.5. The van der Waals surface area contributed by atoms with Crippen LogP contribution < -0.4 is 0 Å². The predicted octanol–water partition coefficient (Wildman–Crippen LogP) is 0.963. The molecule has 1 aliphatic carbocycles. The fourth-order valence-electron chi connectivity index (χ4n) is 2.70. The van der Waals surface area contributed by atoms with Crippen molar-refractivity contribution in [1.29, 1.82) is 0 Å². The van der Waals surface area contributed by atoms with E-state index in [1.807, 2.05) is 0 Å². The molecule has 1 amide bonds. The van der Waals surface area contributed by atoms with E-state index < -0.39 is 11.9 Å². The van der Waals surface area contributed by atoms with Crippen molar-refractivity contribution in [2.24, 2.45) is 11.8 Å². The molecule has 7 heteroatoms. The van der Waals surface area contributed by atoms with E-state index in [0.29, 0.717) is 31.0 Å². The predicted molar refractivity (Wildman–Crippen MR) is 70.7 cm³/mol. The number of H-pyrrole nitrogens is 1. The largest absolute Gasteiger partial charge is 0.481 e. The molecular formula is C13H20N4O3. The second-order valence-electron chi connectivity index (χ2n) is 5.43. The number of aliphatic carboxylic acids is 1. The molecule has 2 rings (SSSR count). The fourth-order valence-corrected chi connectivity index (χ4v) is 2.70. The number of nitrogens with one attached hydrogen (secondary N) is 1. The SMILES string of the molecule is Cc1nc(CN(C)C(=O)C2CCCC(C(=O)O)C2)n[nH]1. The first-order valence-corrected chi connectivity index (χ1v) is 6.83. The minimum atomic E-state index is -0.797. The van der Waals surface area contributed by atoms with Crippen LogP contribution in [0.2, 0.25) is 0 Å². The Labute approximate surface area is 117 Å². The Balaban J connectivity index is 1.94. The van der Waals surface area contributed by atoms with Crippen LogP contribution in [0.1, 0.15) is 37.3 Å². The number of nitrogens with zero attached hydrogens (tertiary/aromatic N) is 3. The molecule has 1 aromatic heterocycles. The molecule has 0 bridgehead atoms. The van der Waals surface area contributed by atoms with Gasteiger partial charge in [-0.1, -0.05) is 6.42 Å². The third-order valence-electron chi connectivity index (χ3n) is 3.77. The molecule has 110 valence electrons. The second-order valence-corrected chi connectivity index (χ2v) is 5.43. The quantitative estimate of drug-likeness (QED) is 0.856. The third-order valence-corrected chi connectivity index (χ3v) is 3.77. The van der Waals surface area contributed by atoms with Crippen LogP contribution in [0, 0.1) is 18.8 Å². The van der Waals surface area contributed by atoms with Gasteiger partial charge >= 0.3 is 5.97 Å². The molecule has 0 aromatic carbocycles. The van der Waals surface area contributed by atoms with Crippen LogP contribution >= 0.6 is 0 Å². The van der Waals surface area contributed by atoms with Crippen LogP contribution in [0.5, 0.6) is 0 Å². The highest BCUT2D eigenvalue weighted by Crippen LogP contribution is 2.30. The van der Waals surface area contributed by atoms with Gasteiger partial charge < -0.3 is 10.0 Å². The molecule has 0 radical (unpaired) electrons. The Bertz CT molecular complexity index is 500. The number of carbonyl (C=O) groups excluding carboxylic acids is 1. The van der Waals surface area contributed by atoms with E-state index in [2.05, 4.69) is 15.2 Å². The van der Waals surface area contributed by atoms with Crippen LogP contribution in [0.25, 0.3) is 0 Å². The van der Waals surface area contributed by atoms with Crippen LogP contribution in [-0.4, -0.2) is 44.1 Å². The number of carboxylic acids is 1. The molecule has 0 saturated heterocycles. The minimum absolute atomic E-state index is 0.0154. The first kappa shape index (κ1) is 14.5. The van der Waals surface area contributed by atoms with Crippen molar-refractivity contribution >= 4 is 11.9 Å². The Hall–Kier alpha value is -1.92. The summed E-state index contributed by atoms with van der Waals surface area (Å²) in [6, 6.07) is 0. The lowest BCUT2D eigenvalue weighted by molar-refractivity contribution is -0.145. The molecule has 2 N–H and O–H groups in total. The molecule has 1 fully saturated rings. The van der Waals surface area contributed by atoms with Gasteiger partial charge in [0.1, 0.15) is 5.82 Å². The second kappa shape index (κ2) is 6.02. The maximum absolute atomic E-state index is 12.3. The first-order chi connectivity index (χ1) is 9.47. The molecule has 1 aromatic rings. The lowest BCUT2D eigenvalue weighted by Gasteiger charge is -2.28. The number of carbonyl (C=O) groups is 2. The highest BCUT2D eigenvalue weighted by atomic mass is 16.4. The van der Waals surface area contributed by atoms with E-state index in [-0.39, 0.29) is 11.8 Å². The molecule has 1 saturated carbocycles. The fraction of sp³-hybridized carbons (Fsp3) is 0.692. The topological polar surface area (TPSA) is 99.2 Å². The molecule has 2 atom stereocenters. The van der Waals surface area contributed by atoms with Crippen molar-refractivity contribution in [1.82, 2.24) is 20.1 Å². The molecule has 1 aliphatic rings. The molecule has 20 heavy (non-hydrogen) atoms. The molecule has 1 heterocycles. The monoisotopic (exact) mass is 280 g/mol. The van der Waals surface area contributed by atoms with Gasteiger partial charge in [0.2, 0.25) is 5.91 Å². The number of hydrogen-bond acceptors (Lipinski definition) is 4. The van der Waals surface area contributed by atoms with Crippen molar-refractivity contribution in [2.75, 3.05) is 7.05 Å². The summed E-state index contributed by atoms with van der Waals surface area (Å²) in [4.78, 5) is 29.1. The van der Waals surface area contributed by atoms with E-state index in [4.69, 9.17) is 5.11 Å². The highest BCUT2D eigenvalue weighted by molar-refractivity contribution is 5.80. The number of rotatable bonds is 4. The van der Waals surface area contributed by atoms with Gasteiger partial charge in [0, 0.05) is 13.0 Å². The van der Waals surface area contributed by atoms with Gasteiger partial charge in [0.05, 0.1) is 12.5 Å². The van der Waals surface area contributed by atoms with Gasteiger partial charge in [-0.15, -0.1) is 0 Å². The Morgan fingerprint density at radius 3 is 2.70 bits per heavy atom. The van der Waals surface area contributed by atoms with E-state index in [1.54, 1.807) is 18.9 Å². The zero-order valence-electron chi connectivity index (χ0n) is 11.8. The molecule has 0 aliphatic heterocycles. The van der Waals surface area contributed by atoms with Crippen molar-refractivity contribution in [3.8, 4) is 0 Å². The molecule has 2 unspecified atom stereocenters. The number of aromatic nitrogens is 3. The molecular weight excluding hydrogens is 260 g/mol. The average molecular weight is 280 g/mol. The Morgan fingerprint density at radius 1 is 1.40 bits per heavy atom. The zero-order valence-corrected chi connectivity index (χ0v) is 11.8. The van der Waals surface area contributed by atoms with Gasteiger partial charge in [-0.3, -0.25) is 14.7 Å². The first-order valence-electron chi connectivity index (χ1n) is 6.83. The standard InChI is InChI=1S/C13H20N4O3/c1-8-14-11(16-15-8)7-17(2)12(18)9-4-3-5-10(6-9)13(19)20/h9-10H,3-7H2,1-2H3,(H,19,20)(H,14,15,16). The van der Waals surface area contributed by atoms with Crippen LogP contribution in [0.15, 0.2) is 0 Å². The van der Waals surface area contributed by atoms with Gasteiger partial charge in [-0.2, -0.15) is 5.10 Å². The maximum Gasteiger partial charge on any atom is 0.306 e. The number of amides is 1. The minimum Gasteiger partial charge on any atom is -0.481 e. The third kappa shape index (κ3) is 3.34. The number of hydrogen-bond donors (Lipinski definition) is 2. The molecule has 7 nitrogen and oxygen atoms in total. The van der Waals surface area contributed by atoms with Crippen molar-refractivity contribution in [3.05, 3.63) is 11.6 Å². The number of carboxylic acid groups (broad SMARTS) is 1. The number of aryl methyl sites for hydroxylation is 1. The van der Waals surface area contributed by atoms with Crippen molar-refractivity contribution in [3.63, 3.8) is 0 Å². The van der Waals surface area contributed by atoms with E-state index in [9.17, 15) is 9.59 Å². The molecule has 0 spiro atoms. The summed E-state index contributed by atoms with van der Waals surface area (Å²) >= 11 is 0. The zero-order chi connectivity index (χ0) is 14.7. The van der Waals surface area contributed by atoms with Crippen LogP contribution in [-0.2, 0) is 16.1 Å². The van der Waals surface area contributed by atoms with Gasteiger partial charge in [-0.05, 0) is 26.2 Å². The van der Waals surface area contributed by atoms with Crippen molar-refractivity contribution < 1.29 is 14.7 Å². The summed E-state index contributed by atoms with van der Waals surface area (Å²) in [6.45, 7) is 2.15.